The Bertz CT molecular complexity index is 349. The number of carbonyl (C=O) groups is 2. The average Bonchev–Trinajstić information content (AvgIpc) is 2.72. The third kappa shape index (κ3) is 1.90. The molecule has 5 nitrogen and oxygen atoms in total. The van der Waals surface area contributed by atoms with Crippen molar-refractivity contribution >= 4 is 23.3 Å². The van der Waals surface area contributed by atoms with Gasteiger partial charge in [0.15, 0.2) is 0 Å². The first-order valence-electron chi connectivity index (χ1n) is 4.21. The van der Waals surface area contributed by atoms with Crippen molar-refractivity contribution in [1.82, 2.24) is 15.2 Å². The van der Waals surface area contributed by atoms with E-state index in [1.807, 2.05) is 5.38 Å². The third-order valence-electron chi connectivity index (χ3n) is 1.99. The molecule has 1 aromatic heterocycles. The Morgan fingerprint density at radius 1 is 1.57 bits per heavy atom. The molecule has 0 spiro atoms. The first-order valence-corrected chi connectivity index (χ1v) is 5.16. The number of hydrogen-bond acceptors (Lipinski definition) is 4. The highest BCUT2D eigenvalue weighted by molar-refractivity contribution is 7.07. The molecule has 0 saturated carbocycles. The molecule has 0 radical (unpaired) electrons. The molecule has 1 aliphatic heterocycles. The van der Waals surface area contributed by atoms with Gasteiger partial charge in [0.2, 0.25) is 5.91 Å². The second-order valence-corrected chi connectivity index (χ2v) is 3.72. The van der Waals surface area contributed by atoms with Gasteiger partial charge < -0.3 is 4.90 Å². The zero-order chi connectivity index (χ0) is 9.97. The lowest BCUT2D eigenvalue weighted by atomic mass is 10.3. The van der Waals surface area contributed by atoms with Gasteiger partial charge in [0.25, 0.3) is 0 Å². The molecule has 0 aliphatic carbocycles. The first kappa shape index (κ1) is 9.14. The Morgan fingerprint density at radius 2 is 2.43 bits per heavy atom. The van der Waals surface area contributed by atoms with Crippen LogP contribution in [0, 0.1) is 0 Å². The highest BCUT2D eigenvalue weighted by atomic mass is 32.1. The van der Waals surface area contributed by atoms with Crippen LogP contribution in [0.1, 0.15) is 5.69 Å². The predicted molar refractivity (Wildman–Crippen MR) is 50.9 cm³/mol. The molecule has 3 amide bonds. The van der Waals surface area contributed by atoms with Crippen LogP contribution in [0.15, 0.2) is 10.9 Å². The number of urea groups is 1. The van der Waals surface area contributed by atoms with Crippen LogP contribution in [-0.2, 0) is 11.2 Å². The molecule has 0 aromatic carbocycles. The van der Waals surface area contributed by atoms with E-state index in [2.05, 4.69) is 10.3 Å². The van der Waals surface area contributed by atoms with Crippen molar-refractivity contribution in [2.75, 3.05) is 13.1 Å². The van der Waals surface area contributed by atoms with Gasteiger partial charge in [0, 0.05) is 18.3 Å². The molecule has 1 saturated heterocycles. The number of nitrogens with one attached hydrogen (secondary N) is 1. The number of hydrogen-bond donors (Lipinski definition) is 1. The highest BCUT2D eigenvalue weighted by Crippen LogP contribution is 2.04. The van der Waals surface area contributed by atoms with Crippen LogP contribution in [0.5, 0.6) is 0 Å². The van der Waals surface area contributed by atoms with Crippen LogP contribution in [-0.4, -0.2) is 34.9 Å². The van der Waals surface area contributed by atoms with Gasteiger partial charge in [0.1, 0.15) is 6.54 Å². The second kappa shape index (κ2) is 3.75. The van der Waals surface area contributed by atoms with Crippen LogP contribution in [0.3, 0.4) is 0 Å². The van der Waals surface area contributed by atoms with Crippen molar-refractivity contribution in [2.45, 2.75) is 6.42 Å². The van der Waals surface area contributed by atoms with Gasteiger partial charge in [-0.2, -0.15) is 0 Å². The molecule has 6 heteroatoms. The predicted octanol–water partition coefficient (Wildman–Crippen LogP) is 0.237. The van der Waals surface area contributed by atoms with E-state index in [0.29, 0.717) is 13.0 Å². The summed E-state index contributed by atoms with van der Waals surface area (Å²) in [5, 5.41) is 4.17. The molecule has 0 bridgehead atoms. The molecule has 1 N–H and O–H groups in total. The molecule has 1 fully saturated rings. The number of nitrogens with zero attached hydrogens (tertiary/aromatic N) is 2. The van der Waals surface area contributed by atoms with Crippen molar-refractivity contribution in [2.24, 2.45) is 0 Å². The Labute approximate surface area is 84.7 Å². The molecule has 0 unspecified atom stereocenters. The quantitative estimate of drug-likeness (QED) is 0.728. The second-order valence-electron chi connectivity index (χ2n) is 3.00. The summed E-state index contributed by atoms with van der Waals surface area (Å²) in [6, 6.07) is -0.301. The number of rotatable bonds is 3. The van der Waals surface area contributed by atoms with E-state index in [9.17, 15) is 9.59 Å². The fourth-order valence-corrected chi connectivity index (χ4v) is 1.87. The number of amides is 3. The highest BCUT2D eigenvalue weighted by Gasteiger charge is 2.25. The summed E-state index contributed by atoms with van der Waals surface area (Å²) in [7, 11) is 0. The summed E-state index contributed by atoms with van der Waals surface area (Å²) in [6.45, 7) is 0.713. The maximum Gasteiger partial charge on any atom is 0.324 e. The molecule has 14 heavy (non-hydrogen) atoms. The number of thiazole rings is 1. The Morgan fingerprint density at radius 3 is 3.00 bits per heavy atom. The van der Waals surface area contributed by atoms with E-state index in [0.717, 1.165) is 5.69 Å². The standard InChI is InChI=1S/C8H9N3O2S/c12-7-3-11(8(13)10-7)2-1-6-4-14-5-9-6/h4-5H,1-3H2,(H,10,12,13). The number of carbonyl (C=O) groups excluding carboxylic acids is 2. The molecule has 1 aliphatic rings. The fourth-order valence-electron chi connectivity index (χ4n) is 1.27. The summed E-state index contributed by atoms with van der Waals surface area (Å²) in [5.74, 6) is -0.228. The van der Waals surface area contributed by atoms with Gasteiger partial charge in [-0.25, -0.2) is 9.78 Å². The molecular weight excluding hydrogens is 202 g/mol. The summed E-state index contributed by atoms with van der Waals surface area (Å²) in [5.41, 5.74) is 2.71. The fraction of sp³-hybridized carbons (Fsp3) is 0.375. The normalized spacial score (nSPS) is 16.1. The van der Waals surface area contributed by atoms with Crippen LogP contribution in [0.25, 0.3) is 0 Å². The van der Waals surface area contributed by atoms with E-state index in [-0.39, 0.29) is 18.5 Å². The lowest BCUT2D eigenvalue weighted by molar-refractivity contribution is -0.118. The minimum absolute atomic E-state index is 0.170. The number of aromatic nitrogens is 1. The monoisotopic (exact) mass is 211 g/mol. The van der Waals surface area contributed by atoms with Gasteiger partial charge in [-0.15, -0.1) is 11.3 Å². The van der Waals surface area contributed by atoms with Crippen LogP contribution in [0.4, 0.5) is 4.79 Å². The zero-order valence-electron chi connectivity index (χ0n) is 7.40. The van der Waals surface area contributed by atoms with Gasteiger partial charge in [0.05, 0.1) is 11.2 Å². The first-order chi connectivity index (χ1) is 6.75. The lowest BCUT2D eigenvalue weighted by Crippen LogP contribution is -2.30. The lowest BCUT2D eigenvalue weighted by Gasteiger charge is -2.11. The Balaban J connectivity index is 1.87. The molecular formula is C8H9N3O2S. The Hall–Kier alpha value is -1.43. The third-order valence-corrected chi connectivity index (χ3v) is 2.62. The van der Waals surface area contributed by atoms with Gasteiger partial charge in [-0.3, -0.25) is 10.1 Å². The largest absolute Gasteiger partial charge is 0.324 e. The molecule has 1 aromatic rings. The van der Waals surface area contributed by atoms with Gasteiger partial charge in [-0.05, 0) is 0 Å². The smallest absolute Gasteiger partial charge is 0.315 e. The van der Waals surface area contributed by atoms with Crippen molar-refractivity contribution < 1.29 is 9.59 Å². The van der Waals surface area contributed by atoms with E-state index in [1.54, 1.807) is 5.51 Å². The van der Waals surface area contributed by atoms with E-state index in [4.69, 9.17) is 0 Å². The minimum Gasteiger partial charge on any atom is -0.315 e. The van der Waals surface area contributed by atoms with Crippen molar-refractivity contribution in [3.63, 3.8) is 0 Å². The van der Waals surface area contributed by atoms with Crippen molar-refractivity contribution in [3.8, 4) is 0 Å². The summed E-state index contributed by atoms with van der Waals surface area (Å²) < 4.78 is 0. The van der Waals surface area contributed by atoms with Crippen LogP contribution in [0.2, 0.25) is 0 Å². The SMILES string of the molecule is O=C1CN(CCc2cscn2)C(=O)N1. The average molecular weight is 211 g/mol. The molecule has 0 atom stereocenters. The molecule has 2 rings (SSSR count). The van der Waals surface area contributed by atoms with E-state index < -0.39 is 0 Å². The summed E-state index contributed by atoms with van der Waals surface area (Å²) in [4.78, 5) is 27.5. The van der Waals surface area contributed by atoms with Crippen LogP contribution >= 0.6 is 11.3 Å². The Kier molecular flexibility index (Phi) is 2.45. The maximum atomic E-state index is 11.1. The van der Waals surface area contributed by atoms with Crippen molar-refractivity contribution in [1.29, 1.82) is 0 Å². The summed E-state index contributed by atoms with van der Waals surface area (Å²) in [6.07, 6.45) is 0.699. The topological polar surface area (TPSA) is 62.3 Å². The van der Waals surface area contributed by atoms with Crippen molar-refractivity contribution in [3.05, 3.63) is 16.6 Å². The maximum absolute atomic E-state index is 11.1. The molecule has 74 valence electrons. The number of imide groups is 1. The van der Waals surface area contributed by atoms with Gasteiger partial charge >= 0.3 is 6.03 Å². The van der Waals surface area contributed by atoms with Crippen LogP contribution < -0.4 is 5.32 Å². The van der Waals surface area contributed by atoms with Gasteiger partial charge in [-0.1, -0.05) is 0 Å². The molecule has 2 heterocycles. The zero-order valence-corrected chi connectivity index (χ0v) is 8.21. The summed E-state index contributed by atoms with van der Waals surface area (Å²) >= 11 is 1.53. The van der Waals surface area contributed by atoms with E-state index >= 15 is 0 Å². The van der Waals surface area contributed by atoms with E-state index in [1.165, 1.54) is 16.2 Å². The minimum atomic E-state index is -0.301.